The molecule has 0 aliphatic carbocycles. The fraction of sp³-hybridized carbons (Fsp3) is 0.562. The Labute approximate surface area is 142 Å². The fourth-order valence-corrected chi connectivity index (χ4v) is 5.09. The number of hydrogen-bond donors (Lipinski definition) is 0. The Bertz CT molecular complexity index is 678. The van der Waals surface area contributed by atoms with Crippen LogP contribution in [0.4, 0.5) is 0 Å². The van der Waals surface area contributed by atoms with Crippen molar-refractivity contribution in [3.63, 3.8) is 0 Å². The van der Waals surface area contributed by atoms with E-state index in [0.717, 1.165) is 25.9 Å². The highest BCUT2D eigenvalue weighted by atomic mass is 35.5. The van der Waals surface area contributed by atoms with E-state index in [0.29, 0.717) is 31.0 Å². The van der Waals surface area contributed by atoms with Crippen molar-refractivity contribution in [2.75, 3.05) is 26.2 Å². The maximum absolute atomic E-state index is 12.6. The molecule has 0 bridgehead atoms. The minimum absolute atomic E-state index is 0.0427. The van der Waals surface area contributed by atoms with Gasteiger partial charge in [0.1, 0.15) is 0 Å². The monoisotopic (exact) mass is 356 g/mol. The quantitative estimate of drug-likeness (QED) is 0.835. The molecule has 1 aromatic rings. The first-order valence-corrected chi connectivity index (χ1v) is 9.85. The number of amides is 1. The first-order chi connectivity index (χ1) is 11.0. The van der Waals surface area contributed by atoms with Crippen LogP contribution in [0.2, 0.25) is 5.02 Å². The second-order valence-electron chi connectivity index (χ2n) is 6.17. The van der Waals surface area contributed by atoms with Crippen LogP contribution in [0.3, 0.4) is 0 Å². The molecule has 3 rings (SSSR count). The maximum Gasteiger partial charge on any atom is 0.243 e. The molecule has 5 nitrogen and oxygen atoms in total. The zero-order chi connectivity index (χ0) is 16.4. The molecule has 2 aliphatic rings. The first kappa shape index (κ1) is 16.7. The van der Waals surface area contributed by atoms with Crippen molar-refractivity contribution in [2.24, 2.45) is 5.92 Å². The molecular formula is C16H21ClN2O3S. The Morgan fingerprint density at radius 3 is 2.35 bits per heavy atom. The third-order valence-electron chi connectivity index (χ3n) is 4.65. The van der Waals surface area contributed by atoms with E-state index in [1.54, 1.807) is 18.2 Å². The second kappa shape index (κ2) is 6.79. The zero-order valence-electron chi connectivity index (χ0n) is 12.9. The molecule has 126 valence electrons. The van der Waals surface area contributed by atoms with E-state index in [-0.39, 0.29) is 16.7 Å². The molecule has 2 heterocycles. The van der Waals surface area contributed by atoms with E-state index >= 15 is 0 Å². The molecule has 0 aromatic heterocycles. The van der Waals surface area contributed by atoms with Crippen LogP contribution in [-0.2, 0) is 14.8 Å². The average Bonchev–Trinajstić information content (AvgIpc) is 3.09. The summed E-state index contributed by atoms with van der Waals surface area (Å²) in [6, 6.07) is 6.32. The highest BCUT2D eigenvalue weighted by molar-refractivity contribution is 7.89. The van der Waals surface area contributed by atoms with Gasteiger partial charge in [-0.1, -0.05) is 17.7 Å². The molecule has 0 spiro atoms. The van der Waals surface area contributed by atoms with Gasteiger partial charge in [-0.25, -0.2) is 8.42 Å². The van der Waals surface area contributed by atoms with E-state index < -0.39 is 10.0 Å². The third kappa shape index (κ3) is 3.54. The van der Waals surface area contributed by atoms with Crippen LogP contribution in [0, 0.1) is 5.92 Å². The van der Waals surface area contributed by atoms with E-state index in [1.165, 1.54) is 10.4 Å². The molecule has 7 heteroatoms. The first-order valence-electron chi connectivity index (χ1n) is 8.03. The van der Waals surface area contributed by atoms with Gasteiger partial charge in [-0.15, -0.1) is 0 Å². The highest BCUT2D eigenvalue weighted by Crippen LogP contribution is 2.27. The largest absolute Gasteiger partial charge is 0.342 e. The number of hydrogen-bond acceptors (Lipinski definition) is 3. The Morgan fingerprint density at radius 1 is 1.09 bits per heavy atom. The normalized spacial score (nSPS) is 20.8. The van der Waals surface area contributed by atoms with E-state index in [2.05, 4.69) is 0 Å². The highest BCUT2D eigenvalue weighted by Gasteiger charge is 2.34. The van der Waals surface area contributed by atoms with Gasteiger partial charge in [0.05, 0.1) is 4.90 Å². The minimum Gasteiger partial charge on any atom is -0.342 e. The summed E-state index contributed by atoms with van der Waals surface area (Å²) < 4.78 is 26.8. The van der Waals surface area contributed by atoms with E-state index in [4.69, 9.17) is 11.6 Å². The second-order valence-corrected chi connectivity index (χ2v) is 8.54. The predicted octanol–water partition coefficient (Wildman–Crippen LogP) is 2.36. The molecule has 23 heavy (non-hydrogen) atoms. The van der Waals surface area contributed by atoms with Gasteiger partial charge in [0.25, 0.3) is 0 Å². The Morgan fingerprint density at radius 2 is 1.74 bits per heavy atom. The molecule has 0 unspecified atom stereocenters. The van der Waals surface area contributed by atoms with Gasteiger partial charge >= 0.3 is 0 Å². The third-order valence-corrected chi connectivity index (χ3v) is 6.78. The lowest BCUT2D eigenvalue weighted by Crippen LogP contribution is -2.43. The molecule has 1 aromatic carbocycles. The topological polar surface area (TPSA) is 57.7 Å². The number of piperidine rings is 1. The van der Waals surface area contributed by atoms with Gasteiger partial charge in [-0.3, -0.25) is 4.79 Å². The van der Waals surface area contributed by atoms with Crippen LogP contribution < -0.4 is 0 Å². The van der Waals surface area contributed by atoms with Crippen molar-refractivity contribution in [3.8, 4) is 0 Å². The number of carbonyl (C=O) groups excluding carboxylic acids is 1. The van der Waals surface area contributed by atoms with Gasteiger partial charge in [-0.2, -0.15) is 4.31 Å². The summed E-state index contributed by atoms with van der Waals surface area (Å²) in [4.78, 5) is 14.6. The molecule has 0 N–H and O–H groups in total. The fourth-order valence-electron chi connectivity index (χ4n) is 3.32. The van der Waals surface area contributed by atoms with Crippen molar-refractivity contribution in [1.29, 1.82) is 0 Å². The molecule has 2 saturated heterocycles. The van der Waals surface area contributed by atoms with E-state index in [9.17, 15) is 13.2 Å². The van der Waals surface area contributed by atoms with Crippen LogP contribution in [0.15, 0.2) is 29.2 Å². The van der Waals surface area contributed by atoms with Gasteiger partial charge in [0.15, 0.2) is 0 Å². The average molecular weight is 357 g/mol. The summed E-state index contributed by atoms with van der Waals surface area (Å²) in [6.07, 6.45) is 3.34. The number of halogens is 1. The van der Waals surface area contributed by atoms with Crippen molar-refractivity contribution < 1.29 is 13.2 Å². The van der Waals surface area contributed by atoms with E-state index in [1.807, 2.05) is 4.90 Å². The van der Waals surface area contributed by atoms with Crippen molar-refractivity contribution in [1.82, 2.24) is 9.21 Å². The predicted molar refractivity (Wildman–Crippen MR) is 88.7 cm³/mol. The zero-order valence-corrected chi connectivity index (χ0v) is 14.5. The molecule has 1 amide bonds. The molecule has 2 aliphatic heterocycles. The lowest BCUT2D eigenvalue weighted by atomic mass is 9.97. The number of benzene rings is 1. The van der Waals surface area contributed by atoms with Crippen LogP contribution in [0.1, 0.15) is 25.7 Å². The smallest absolute Gasteiger partial charge is 0.243 e. The van der Waals surface area contributed by atoms with Gasteiger partial charge in [0, 0.05) is 37.1 Å². The molecule has 0 atom stereocenters. The Balaban J connectivity index is 1.65. The number of rotatable bonds is 3. The molecular weight excluding hydrogens is 336 g/mol. The van der Waals surface area contributed by atoms with Crippen LogP contribution in [0.25, 0.3) is 0 Å². The standard InChI is InChI=1S/C16H21ClN2O3S/c17-14-4-3-5-15(12-14)23(21,22)19-10-6-13(7-11-19)16(20)18-8-1-2-9-18/h3-5,12-13H,1-2,6-11H2. The van der Waals surface area contributed by atoms with Crippen LogP contribution in [-0.4, -0.2) is 49.7 Å². The minimum atomic E-state index is -3.53. The van der Waals surface area contributed by atoms with Crippen LogP contribution >= 0.6 is 11.6 Å². The lowest BCUT2D eigenvalue weighted by molar-refractivity contribution is -0.135. The van der Waals surface area contributed by atoms with Crippen molar-refractivity contribution in [3.05, 3.63) is 29.3 Å². The number of nitrogens with zero attached hydrogens (tertiary/aromatic N) is 2. The van der Waals surface area contributed by atoms with Gasteiger partial charge in [-0.05, 0) is 43.9 Å². The summed E-state index contributed by atoms with van der Waals surface area (Å²) in [7, 11) is -3.53. The van der Waals surface area contributed by atoms with Gasteiger partial charge in [0.2, 0.25) is 15.9 Å². The Hall–Kier alpha value is -1.11. The summed E-state index contributed by atoms with van der Waals surface area (Å²) in [5.41, 5.74) is 0. The number of carbonyl (C=O) groups is 1. The molecule has 0 saturated carbocycles. The number of sulfonamides is 1. The molecule has 2 fully saturated rings. The van der Waals surface area contributed by atoms with Crippen molar-refractivity contribution >= 4 is 27.5 Å². The Kier molecular flexibility index (Phi) is 4.94. The SMILES string of the molecule is O=C(C1CCN(S(=O)(=O)c2cccc(Cl)c2)CC1)N1CCCC1. The van der Waals surface area contributed by atoms with Crippen LogP contribution in [0.5, 0.6) is 0 Å². The maximum atomic E-state index is 12.6. The molecule has 0 radical (unpaired) electrons. The van der Waals surface area contributed by atoms with Gasteiger partial charge < -0.3 is 4.90 Å². The lowest BCUT2D eigenvalue weighted by Gasteiger charge is -2.32. The summed E-state index contributed by atoms with van der Waals surface area (Å²) >= 11 is 5.89. The van der Waals surface area contributed by atoms with Crippen molar-refractivity contribution in [2.45, 2.75) is 30.6 Å². The summed E-state index contributed by atoms with van der Waals surface area (Å²) in [6.45, 7) is 2.47. The summed E-state index contributed by atoms with van der Waals surface area (Å²) in [5, 5.41) is 0.408. The summed E-state index contributed by atoms with van der Waals surface area (Å²) in [5.74, 6) is 0.154. The number of likely N-dealkylation sites (tertiary alicyclic amines) is 1.